The van der Waals surface area contributed by atoms with Crippen molar-refractivity contribution in [3.05, 3.63) is 0 Å². The Balaban J connectivity index is 1.81. The second-order valence-electron chi connectivity index (χ2n) is 6.12. The summed E-state index contributed by atoms with van der Waals surface area (Å²) >= 11 is 0. The highest BCUT2D eigenvalue weighted by molar-refractivity contribution is 5.70. The van der Waals surface area contributed by atoms with Crippen molar-refractivity contribution in [3.63, 3.8) is 0 Å². The van der Waals surface area contributed by atoms with E-state index in [1.807, 2.05) is 0 Å². The molecule has 5 heteroatoms. The first kappa shape index (κ1) is 15.4. The Bertz CT molecular complexity index is 346. The first-order valence-electron chi connectivity index (χ1n) is 7.49. The molecule has 1 saturated carbocycles. The zero-order chi connectivity index (χ0) is 14.6. The minimum atomic E-state index is -0.834. The number of carbonyl (C=O) groups is 2. The van der Waals surface area contributed by atoms with Gasteiger partial charge in [-0.25, -0.2) is 0 Å². The molecule has 0 unspecified atom stereocenters. The van der Waals surface area contributed by atoms with Crippen LogP contribution in [-0.2, 0) is 23.8 Å². The van der Waals surface area contributed by atoms with E-state index in [0.29, 0.717) is 6.42 Å². The van der Waals surface area contributed by atoms with Gasteiger partial charge in [0.15, 0.2) is 5.79 Å². The van der Waals surface area contributed by atoms with E-state index in [4.69, 9.17) is 14.2 Å². The molecule has 0 bridgehead atoms. The molecule has 1 aliphatic heterocycles. The zero-order valence-corrected chi connectivity index (χ0v) is 12.3. The molecular formula is C15H24O5. The summed E-state index contributed by atoms with van der Waals surface area (Å²) in [6, 6.07) is 0. The Morgan fingerprint density at radius 3 is 2.60 bits per heavy atom. The number of ether oxygens (including phenoxy) is 3. The summed E-state index contributed by atoms with van der Waals surface area (Å²) in [4.78, 5) is 22.9. The Labute approximate surface area is 120 Å². The molecule has 2 rings (SSSR count). The molecule has 0 aromatic rings. The quantitative estimate of drug-likeness (QED) is 0.586. The molecule has 0 N–H and O–H groups in total. The third-order valence-electron chi connectivity index (χ3n) is 3.78. The fraction of sp³-hybridized carbons (Fsp3) is 0.867. The topological polar surface area (TPSA) is 61.8 Å². The predicted octanol–water partition coefficient (Wildman–Crippen LogP) is 2.36. The highest BCUT2D eigenvalue weighted by Gasteiger charge is 2.36. The van der Waals surface area contributed by atoms with E-state index >= 15 is 0 Å². The minimum absolute atomic E-state index is 0.0611. The molecule has 2 aliphatic rings. The Hall–Kier alpha value is -0.940. The van der Waals surface area contributed by atoms with Crippen molar-refractivity contribution in [1.82, 2.24) is 0 Å². The van der Waals surface area contributed by atoms with Crippen molar-refractivity contribution in [2.75, 3.05) is 0 Å². The minimum Gasteiger partial charge on any atom is -0.462 e. The molecule has 0 amide bonds. The van der Waals surface area contributed by atoms with Crippen LogP contribution in [0.1, 0.15) is 58.8 Å². The van der Waals surface area contributed by atoms with E-state index in [0.717, 1.165) is 32.0 Å². The van der Waals surface area contributed by atoms with Gasteiger partial charge in [0, 0.05) is 6.42 Å². The molecule has 2 fully saturated rings. The summed E-state index contributed by atoms with van der Waals surface area (Å²) in [5, 5.41) is 0. The molecule has 0 radical (unpaired) electrons. The lowest BCUT2D eigenvalue weighted by Gasteiger charge is -2.38. The largest absolute Gasteiger partial charge is 0.462 e. The number of esters is 1. The van der Waals surface area contributed by atoms with Gasteiger partial charge < -0.3 is 19.0 Å². The number of aldehydes is 1. The van der Waals surface area contributed by atoms with E-state index in [1.165, 1.54) is 6.42 Å². The Morgan fingerprint density at radius 1 is 1.25 bits per heavy atom. The van der Waals surface area contributed by atoms with Gasteiger partial charge in [0.2, 0.25) is 0 Å². The first-order valence-corrected chi connectivity index (χ1v) is 7.49. The molecule has 1 heterocycles. The van der Waals surface area contributed by atoms with E-state index < -0.39 is 11.9 Å². The summed E-state index contributed by atoms with van der Waals surface area (Å²) in [7, 11) is 0. The van der Waals surface area contributed by atoms with Crippen LogP contribution in [0.25, 0.3) is 0 Å². The van der Waals surface area contributed by atoms with Gasteiger partial charge in [0.05, 0.1) is 12.5 Å². The monoisotopic (exact) mass is 284 g/mol. The van der Waals surface area contributed by atoms with Crippen molar-refractivity contribution >= 4 is 12.3 Å². The summed E-state index contributed by atoms with van der Waals surface area (Å²) in [5.41, 5.74) is 0. The SMILES string of the molecule is CC1(C)O[C@@H](CC(=O)OC2CCCCC2)C[C@@H](C=O)O1. The molecule has 0 aromatic carbocycles. The van der Waals surface area contributed by atoms with Crippen LogP contribution in [0, 0.1) is 0 Å². The Kier molecular flexibility index (Phi) is 5.16. The molecule has 1 saturated heterocycles. The van der Waals surface area contributed by atoms with Crippen LogP contribution in [0.3, 0.4) is 0 Å². The standard InChI is InChI=1S/C15H24O5/c1-15(2)19-12(8-13(10-16)20-15)9-14(17)18-11-6-4-3-5-7-11/h10-13H,3-9H2,1-2H3/t12-,13+/m1/s1. The van der Waals surface area contributed by atoms with Crippen LogP contribution in [-0.4, -0.2) is 36.4 Å². The highest BCUT2D eigenvalue weighted by atomic mass is 16.7. The maximum atomic E-state index is 12.0. The van der Waals surface area contributed by atoms with Crippen LogP contribution in [0.15, 0.2) is 0 Å². The number of rotatable bonds is 4. The summed E-state index contributed by atoms with van der Waals surface area (Å²) in [6.07, 6.45) is 6.02. The summed E-state index contributed by atoms with van der Waals surface area (Å²) in [5.74, 6) is -1.07. The number of hydrogen-bond acceptors (Lipinski definition) is 5. The van der Waals surface area contributed by atoms with Gasteiger partial charge in [0.1, 0.15) is 18.5 Å². The molecular weight excluding hydrogens is 260 g/mol. The second kappa shape index (κ2) is 6.68. The van der Waals surface area contributed by atoms with Crippen molar-refractivity contribution < 1.29 is 23.8 Å². The third-order valence-corrected chi connectivity index (χ3v) is 3.78. The van der Waals surface area contributed by atoms with Gasteiger partial charge in [-0.2, -0.15) is 0 Å². The molecule has 5 nitrogen and oxygen atoms in total. The predicted molar refractivity (Wildman–Crippen MR) is 72.1 cm³/mol. The highest BCUT2D eigenvalue weighted by Crippen LogP contribution is 2.28. The van der Waals surface area contributed by atoms with Crippen LogP contribution in [0.5, 0.6) is 0 Å². The van der Waals surface area contributed by atoms with Crippen LogP contribution in [0.4, 0.5) is 0 Å². The molecule has 2 atom stereocenters. The van der Waals surface area contributed by atoms with E-state index in [2.05, 4.69) is 0 Å². The molecule has 114 valence electrons. The molecule has 20 heavy (non-hydrogen) atoms. The maximum absolute atomic E-state index is 12.0. The first-order chi connectivity index (χ1) is 9.48. The lowest BCUT2D eigenvalue weighted by molar-refractivity contribution is -0.291. The lowest BCUT2D eigenvalue weighted by Crippen LogP contribution is -2.46. The van der Waals surface area contributed by atoms with Crippen molar-refractivity contribution in [2.45, 2.75) is 82.9 Å². The molecule has 0 aromatic heterocycles. The normalized spacial score (nSPS) is 30.7. The number of carbonyl (C=O) groups excluding carboxylic acids is 2. The lowest BCUT2D eigenvalue weighted by atomic mass is 9.98. The molecule has 0 spiro atoms. The van der Waals surface area contributed by atoms with Gasteiger partial charge in [0.25, 0.3) is 0 Å². The van der Waals surface area contributed by atoms with Crippen molar-refractivity contribution in [1.29, 1.82) is 0 Å². The van der Waals surface area contributed by atoms with Crippen molar-refractivity contribution in [2.24, 2.45) is 0 Å². The fourth-order valence-electron chi connectivity index (χ4n) is 2.96. The van der Waals surface area contributed by atoms with Crippen molar-refractivity contribution in [3.8, 4) is 0 Å². The van der Waals surface area contributed by atoms with Gasteiger partial charge in [-0.05, 0) is 39.5 Å². The van der Waals surface area contributed by atoms with E-state index in [-0.39, 0.29) is 24.6 Å². The Morgan fingerprint density at radius 2 is 1.95 bits per heavy atom. The maximum Gasteiger partial charge on any atom is 0.308 e. The van der Waals surface area contributed by atoms with Crippen LogP contribution in [0.2, 0.25) is 0 Å². The average Bonchev–Trinajstić information content (AvgIpc) is 2.37. The van der Waals surface area contributed by atoms with E-state index in [9.17, 15) is 9.59 Å². The summed E-state index contributed by atoms with van der Waals surface area (Å²) in [6.45, 7) is 3.50. The summed E-state index contributed by atoms with van der Waals surface area (Å²) < 4.78 is 16.6. The van der Waals surface area contributed by atoms with Gasteiger partial charge in [-0.15, -0.1) is 0 Å². The number of hydrogen-bond donors (Lipinski definition) is 0. The zero-order valence-electron chi connectivity index (χ0n) is 12.3. The third kappa shape index (κ3) is 4.56. The second-order valence-corrected chi connectivity index (χ2v) is 6.12. The smallest absolute Gasteiger partial charge is 0.308 e. The van der Waals surface area contributed by atoms with Gasteiger partial charge in [-0.3, -0.25) is 4.79 Å². The average molecular weight is 284 g/mol. The van der Waals surface area contributed by atoms with Gasteiger partial charge >= 0.3 is 5.97 Å². The van der Waals surface area contributed by atoms with Crippen LogP contribution < -0.4 is 0 Å². The van der Waals surface area contributed by atoms with Crippen LogP contribution >= 0.6 is 0 Å². The van der Waals surface area contributed by atoms with Gasteiger partial charge in [-0.1, -0.05) is 6.42 Å². The fourth-order valence-corrected chi connectivity index (χ4v) is 2.96. The molecule has 1 aliphatic carbocycles. The van der Waals surface area contributed by atoms with E-state index in [1.54, 1.807) is 13.8 Å².